The first-order valence-corrected chi connectivity index (χ1v) is 10.9. The van der Waals surface area contributed by atoms with Crippen molar-refractivity contribution in [2.24, 2.45) is 0 Å². The van der Waals surface area contributed by atoms with Crippen LogP contribution >= 0.6 is 11.8 Å². The zero-order valence-corrected chi connectivity index (χ0v) is 17.7. The van der Waals surface area contributed by atoms with E-state index >= 15 is 0 Å². The third kappa shape index (κ3) is 3.95. The molecule has 154 valence electrons. The standard InChI is InChI=1S/C22H23N5O2S/c1-3-15(2)23-19(28)14-30-22-25-24-21-26(13-16-9-5-4-6-10-16)20(29)17-11-7-8-12-18(17)27(21)22/h4-12,15H,3,13-14H2,1-2H3,(H,23,28). The lowest BCUT2D eigenvalue weighted by Crippen LogP contribution is -2.33. The summed E-state index contributed by atoms with van der Waals surface area (Å²) in [7, 11) is 0. The summed E-state index contributed by atoms with van der Waals surface area (Å²) in [6.45, 7) is 4.40. The summed E-state index contributed by atoms with van der Waals surface area (Å²) in [4.78, 5) is 25.4. The van der Waals surface area contributed by atoms with Crippen molar-refractivity contribution in [2.75, 3.05) is 5.75 Å². The molecule has 2 aromatic heterocycles. The number of nitrogens with zero attached hydrogens (tertiary/aromatic N) is 4. The van der Waals surface area contributed by atoms with Crippen LogP contribution in [-0.2, 0) is 11.3 Å². The number of fused-ring (bicyclic) bond motifs is 3. The van der Waals surface area contributed by atoms with Gasteiger partial charge >= 0.3 is 0 Å². The Hall–Kier alpha value is -3.13. The van der Waals surface area contributed by atoms with Gasteiger partial charge in [0.1, 0.15) is 0 Å². The summed E-state index contributed by atoms with van der Waals surface area (Å²) in [5.74, 6) is 0.650. The molecule has 0 bridgehead atoms. The highest BCUT2D eigenvalue weighted by atomic mass is 32.2. The largest absolute Gasteiger partial charge is 0.353 e. The van der Waals surface area contributed by atoms with Gasteiger partial charge in [-0.3, -0.25) is 18.6 Å². The van der Waals surface area contributed by atoms with Gasteiger partial charge in [0.05, 0.1) is 23.2 Å². The van der Waals surface area contributed by atoms with E-state index in [4.69, 9.17) is 0 Å². The summed E-state index contributed by atoms with van der Waals surface area (Å²) >= 11 is 1.31. The van der Waals surface area contributed by atoms with Crippen LogP contribution < -0.4 is 10.9 Å². The molecule has 7 nitrogen and oxygen atoms in total. The van der Waals surface area contributed by atoms with Crippen molar-refractivity contribution in [2.45, 2.75) is 38.0 Å². The number of hydrogen-bond donors (Lipinski definition) is 1. The maximum atomic E-state index is 13.2. The lowest BCUT2D eigenvalue weighted by molar-refractivity contribution is -0.119. The molecule has 1 N–H and O–H groups in total. The van der Waals surface area contributed by atoms with E-state index in [2.05, 4.69) is 15.5 Å². The van der Waals surface area contributed by atoms with Crippen LogP contribution in [0.2, 0.25) is 0 Å². The van der Waals surface area contributed by atoms with Crippen LogP contribution in [0.15, 0.2) is 64.5 Å². The Bertz CT molecular complexity index is 1250. The molecule has 0 fully saturated rings. The summed E-state index contributed by atoms with van der Waals surface area (Å²) in [6.07, 6.45) is 0.876. The van der Waals surface area contributed by atoms with Crippen LogP contribution in [0, 0.1) is 0 Å². The van der Waals surface area contributed by atoms with Gasteiger partial charge in [0.25, 0.3) is 5.56 Å². The summed E-state index contributed by atoms with van der Waals surface area (Å²) in [5.41, 5.74) is 1.62. The smallest absolute Gasteiger partial charge is 0.263 e. The van der Waals surface area contributed by atoms with Crippen molar-refractivity contribution in [3.8, 4) is 0 Å². The minimum atomic E-state index is -0.111. The van der Waals surface area contributed by atoms with Crippen LogP contribution in [0.25, 0.3) is 16.7 Å². The van der Waals surface area contributed by atoms with Gasteiger partial charge in [-0.05, 0) is 31.0 Å². The molecule has 4 aromatic rings. The number of nitrogens with one attached hydrogen (secondary N) is 1. The number of hydrogen-bond acceptors (Lipinski definition) is 5. The summed E-state index contributed by atoms with van der Waals surface area (Å²) in [5, 5.41) is 12.7. The average Bonchev–Trinajstić information content (AvgIpc) is 3.20. The van der Waals surface area contributed by atoms with Crippen LogP contribution in [0.4, 0.5) is 0 Å². The maximum Gasteiger partial charge on any atom is 0.263 e. The Morgan fingerprint density at radius 1 is 1.10 bits per heavy atom. The van der Waals surface area contributed by atoms with E-state index in [0.29, 0.717) is 22.9 Å². The molecule has 1 unspecified atom stereocenters. The Labute approximate surface area is 178 Å². The molecule has 0 radical (unpaired) electrons. The molecule has 8 heteroatoms. The molecule has 0 aliphatic carbocycles. The van der Waals surface area contributed by atoms with E-state index < -0.39 is 0 Å². The second-order valence-corrected chi connectivity index (χ2v) is 8.12. The predicted molar refractivity (Wildman–Crippen MR) is 119 cm³/mol. The Balaban J connectivity index is 1.77. The second-order valence-electron chi connectivity index (χ2n) is 7.18. The zero-order chi connectivity index (χ0) is 21.1. The van der Waals surface area contributed by atoms with Crippen LogP contribution in [0.1, 0.15) is 25.8 Å². The lowest BCUT2D eigenvalue weighted by atomic mass is 10.2. The van der Waals surface area contributed by atoms with Crippen molar-refractivity contribution in [3.05, 3.63) is 70.5 Å². The van der Waals surface area contributed by atoms with E-state index in [-0.39, 0.29) is 23.3 Å². The molecular formula is C22H23N5O2S. The second kappa shape index (κ2) is 8.71. The minimum absolute atomic E-state index is 0.0481. The molecule has 0 aliphatic rings. The molecule has 2 heterocycles. The van der Waals surface area contributed by atoms with E-state index in [1.54, 1.807) is 4.57 Å². The summed E-state index contributed by atoms with van der Waals surface area (Å²) < 4.78 is 3.49. The molecule has 30 heavy (non-hydrogen) atoms. The van der Waals surface area contributed by atoms with E-state index in [0.717, 1.165) is 17.5 Å². The molecule has 2 aromatic carbocycles. The minimum Gasteiger partial charge on any atom is -0.353 e. The normalized spacial score (nSPS) is 12.3. The third-order valence-electron chi connectivity index (χ3n) is 5.01. The molecule has 0 aliphatic heterocycles. The SMILES string of the molecule is CCC(C)NC(=O)CSc1nnc2n(Cc3ccccc3)c(=O)c3ccccc3n12. The zero-order valence-electron chi connectivity index (χ0n) is 16.9. The fourth-order valence-corrected chi connectivity index (χ4v) is 4.04. The number of aromatic nitrogens is 4. The van der Waals surface area contributed by atoms with Crippen LogP contribution in [0.5, 0.6) is 0 Å². The van der Waals surface area contributed by atoms with Crippen molar-refractivity contribution in [1.82, 2.24) is 24.5 Å². The van der Waals surface area contributed by atoms with E-state index in [9.17, 15) is 9.59 Å². The summed E-state index contributed by atoms with van der Waals surface area (Å²) in [6, 6.07) is 17.3. The van der Waals surface area contributed by atoms with Gasteiger partial charge < -0.3 is 5.32 Å². The Morgan fingerprint density at radius 3 is 2.60 bits per heavy atom. The van der Waals surface area contributed by atoms with Crippen molar-refractivity contribution in [1.29, 1.82) is 0 Å². The monoisotopic (exact) mass is 421 g/mol. The van der Waals surface area contributed by atoms with Gasteiger partial charge in [-0.15, -0.1) is 10.2 Å². The number of para-hydroxylation sites is 1. The first kappa shape index (κ1) is 20.2. The van der Waals surface area contributed by atoms with Gasteiger partial charge in [-0.2, -0.15) is 0 Å². The molecule has 4 rings (SSSR count). The average molecular weight is 422 g/mol. The highest BCUT2D eigenvalue weighted by molar-refractivity contribution is 7.99. The fourth-order valence-electron chi connectivity index (χ4n) is 3.28. The highest BCUT2D eigenvalue weighted by Crippen LogP contribution is 2.22. The molecular weight excluding hydrogens is 398 g/mol. The first-order valence-electron chi connectivity index (χ1n) is 9.91. The highest BCUT2D eigenvalue weighted by Gasteiger charge is 2.18. The number of thioether (sulfide) groups is 1. The quantitative estimate of drug-likeness (QED) is 0.464. The van der Waals surface area contributed by atoms with Crippen molar-refractivity contribution < 1.29 is 4.79 Å². The predicted octanol–water partition coefficient (Wildman–Crippen LogP) is 3.10. The Kier molecular flexibility index (Phi) is 5.85. The number of rotatable bonds is 7. The lowest BCUT2D eigenvalue weighted by Gasteiger charge is -2.12. The Morgan fingerprint density at radius 2 is 1.83 bits per heavy atom. The molecule has 0 saturated carbocycles. The molecule has 1 atom stereocenters. The maximum absolute atomic E-state index is 13.2. The number of benzene rings is 2. The van der Waals surface area contributed by atoms with Gasteiger partial charge in [-0.1, -0.05) is 61.2 Å². The fraction of sp³-hybridized carbons (Fsp3) is 0.273. The number of carbonyl (C=O) groups excluding carboxylic acids is 1. The van der Waals surface area contributed by atoms with Gasteiger partial charge in [-0.25, -0.2) is 0 Å². The van der Waals surface area contributed by atoms with E-state index in [1.165, 1.54) is 11.8 Å². The van der Waals surface area contributed by atoms with Crippen molar-refractivity contribution >= 4 is 34.3 Å². The van der Waals surface area contributed by atoms with Crippen molar-refractivity contribution in [3.63, 3.8) is 0 Å². The molecule has 0 saturated heterocycles. The molecule has 0 spiro atoms. The number of carbonyl (C=O) groups is 1. The van der Waals surface area contributed by atoms with Crippen LogP contribution in [-0.4, -0.2) is 36.9 Å². The van der Waals surface area contributed by atoms with Gasteiger partial charge in [0.2, 0.25) is 11.7 Å². The van der Waals surface area contributed by atoms with Crippen LogP contribution in [0.3, 0.4) is 0 Å². The first-order chi connectivity index (χ1) is 14.6. The van der Waals surface area contributed by atoms with Gasteiger partial charge in [0.15, 0.2) is 5.16 Å². The third-order valence-corrected chi connectivity index (χ3v) is 5.94. The van der Waals surface area contributed by atoms with Gasteiger partial charge in [0, 0.05) is 6.04 Å². The topological polar surface area (TPSA) is 81.3 Å². The van der Waals surface area contributed by atoms with E-state index in [1.807, 2.05) is 72.8 Å². The number of amides is 1. The molecule has 1 amide bonds.